The molecule has 0 N–H and O–H groups in total. The van der Waals surface area contributed by atoms with E-state index < -0.39 is 0 Å². The van der Waals surface area contributed by atoms with E-state index in [2.05, 4.69) is 57.2 Å². The van der Waals surface area contributed by atoms with Gasteiger partial charge in [0.25, 0.3) is 5.91 Å². The number of benzene rings is 3. The Morgan fingerprint density at radius 2 is 1.56 bits per heavy atom. The molecule has 0 saturated carbocycles. The monoisotopic (exact) mass is 551 g/mol. The van der Waals surface area contributed by atoms with Gasteiger partial charge in [0, 0.05) is 44.2 Å². The van der Waals surface area contributed by atoms with Crippen molar-refractivity contribution in [3.05, 3.63) is 101 Å². The van der Waals surface area contributed by atoms with Crippen molar-refractivity contribution in [3.8, 4) is 5.75 Å². The molecule has 0 radical (unpaired) electrons. The van der Waals surface area contributed by atoms with E-state index in [1.54, 1.807) is 7.11 Å². The predicted molar refractivity (Wildman–Crippen MR) is 161 cm³/mol. The zero-order valence-electron chi connectivity index (χ0n) is 24.3. The zero-order valence-corrected chi connectivity index (χ0v) is 24.3. The van der Waals surface area contributed by atoms with Gasteiger partial charge in [-0.05, 0) is 80.1 Å². The Bertz CT molecular complexity index is 1360. The number of likely N-dealkylation sites (tertiary alicyclic amines) is 3. The first-order valence-corrected chi connectivity index (χ1v) is 15.0. The van der Waals surface area contributed by atoms with Gasteiger partial charge in [-0.15, -0.1) is 0 Å². The van der Waals surface area contributed by atoms with Gasteiger partial charge in [0.15, 0.2) is 0 Å². The van der Waals surface area contributed by atoms with Crippen molar-refractivity contribution >= 4 is 11.8 Å². The van der Waals surface area contributed by atoms with Crippen LogP contribution in [0.5, 0.6) is 5.75 Å². The maximum Gasteiger partial charge on any atom is 0.254 e. The van der Waals surface area contributed by atoms with Gasteiger partial charge in [-0.3, -0.25) is 9.59 Å². The Balaban J connectivity index is 1.10. The van der Waals surface area contributed by atoms with Crippen molar-refractivity contribution in [2.24, 2.45) is 11.3 Å². The second-order valence-corrected chi connectivity index (χ2v) is 12.2. The fourth-order valence-corrected chi connectivity index (χ4v) is 7.24. The van der Waals surface area contributed by atoms with Crippen LogP contribution in [0.2, 0.25) is 0 Å². The molecule has 0 bridgehead atoms. The number of aryl methyl sites for hydroxylation is 1. The average Bonchev–Trinajstić information content (AvgIpc) is 3.56. The molecule has 6 heteroatoms. The minimum Gasteiger partial charge on any atom is -0.497 e. The summed E-state index contributed by atoms with van der Waals surface area (Å²) >= 11 is 0. The maximum atomic E-state index is 13.6. The number of rotatable bonds is 7. The third-order valence-corrected chi connectivity index (χ3v) is 9.77. The van der Waals surface area contributed by atoms with E-state index in [9.17, 15) is 9.59 Å². The van der Waals surface area contributed by atoms with Crippen LogP contribution in [0.4, 0.5) is 0 Å². The molecule has 3 aliphatic heterocycles. The number of amides is 2. The molecule has 41 heavy (non-hydrogen) atoms. The minimum absolute atomic E-state index is 0.137. The molecule has 6 rings (SSSR count). The molecule has 1 spiro atoms. The smallest absolute Gasteiger partial charge is 0.254 e. The first-order valence-electron chi connectivity index (χ1n) is 15.0. The topological polar surface area (TPSA) is 53.1 Å². The molecule has 0 aromatic heterocycles. The number of methoxy groups -OCH3 is 1. The molecule has 3 saturated heterocycles. The highest BCUT2D eigenvalue weighted by Crippen LogP contribution is 2.43. The van der Waals surface area contributed by atoms with E-state index >= 15 is 0 Å². The van der Waals surface area contributed by atoms with Gasteiger partial charge in [-0.1, -0.05) is 60.7 Å². The van der Waals surface area contributed by atoms with Crippen LogP contribution in [0.25, 0.3) is 0 Å². The van der Waals surface area contributed by atoms with Crippen molar-refractivity contribution in [2.75, 3.05) is 46.4 Å². The summed E-state index contributed by atoms with van der Waals surface area (Å²) in [5, 5.41) is 0. The number of hydrogen-bond acceptors (Lipinski definition) is 4. The average molecular weight is 552 g/mol. The van der Waals surface area contributed by atoms with Crippen LogP contribution in [0.3, 0.4) is 0 Å². The lowest BCUT2D eigenvalue weighted by molar-refractivity contribution is -0.139. The number of piperidine rings is 1. The SMILES string of the molecule is COc1ccc(CN2CCC3(CCN(CC4CN(C(=O)c5ccccc5C)CC4c4ccccc4)CC3)C2=O)cc1. The van der Waals surface area contributed by atoms with E-state index in [1.165, 1.54) is 5.56 Å². The summed E-state index contributed by atoms with van der Waals surface area (Å²) in [4.78, 5) is 33.8. The molecular weight excluding hydrogens is 510 g/mol. The molecule has 2 atom stereocenters. The summed E-state index contributed by atoms with van der Waals surface area (Å²) in [6.07, 6.45) is 2.78. The van der Waals surface area contributed by atoms with Crippen molar-refractivity contribution in [1.29, 1.82) is 0 Å². The Morgan fingerprint density at radius 3 is 2.27 bits per heavy atom. The summed E-state index contributed by atoms with van der Waals surface area (Å²) in [6, 6.07) is 26.6. The third-order valence-electron chi connectivity index (χ3n) is 9.77. The van der Waals surface area contributed by atoms with Crippen LogP contribution in [-0.2, 0) is 11.3 Å². The Kier molecular flexibility index (Phi) is 7.85. The molecule has 214 valence electrons. The third kappa shape index (κ3) is 5.62. The normalized spacial score (nSPS) is 22.4. The quantitative estimate of drug-likeness (QED) is 0.396. The summed E-state index contributed by atoms with van der Waals surface area (Å²) in [5.41, 5.74) is 4.07. The lowest BCUT2D eigenvalue weighted by Gasteiger charge is -2.39. The van der Waals surface area contributed by atoms with Crippen LogP contribution < -0.4 is 4.74 Å². The number of nitrogens with zero attached hydrogens (tertiary/aromatic N) is 3. The van der Waals surface area contributed by atoms with E-state index in [1.807, 2.05) is 43.3 Å². The predicted octanol–water partition coefficient (Wildman–Crippen LogP) is 5.37. The molecule has 3 aromatic rings. The molecule has 3 aliphatic rings. The van der Waals surface area contributed by atoms with E-state index in [-0.39, 0.29) is 11.3 Å². The lowest BCUT2D eigenvalue weighted by Crippen LogP contribution is -2.46. The van der Waals surface area contributed by atoms with E-state index in [4.69, 9.17) is 4.74 Å². The van der Waals surface area contributed by atoms with Crippen molar-refractivity contribution in [2.45, 2.75) is 38.6 Å². The summed E-state index contributed by atoms with van der Waals surface area (Å²) in [7, 11) is 1.67. The largest absolute Gasteiger partial charge is 0.497 e. The molecule has 2 unspecified atom stereocenters. The first kappa shape index (κ1) is 27.5. The van der Waals surface area contributed by atoms with Crippen molar-refractivity contribution in [3.63, 3.8) is 0 Å². The van der Waals surface area contributed by atoms with Gasteiger partial charge in [0.1, 0.15) is 5.75 Å². The van der Waals surface area contributed by atoms with Crippen molar-refractivity contribution < 1.29 is 14.3 Å². The Labute approximate surface area is 243 Å². The summed E-state index contributed by atoms with van der Waals surface area (Å²) < 4.78 is 5.28. The second-order valence-electron chi connectivity index (χ2n) is 12.2. The molecule has 6 nitrogen and oxygen atoms in total. The lowest BCUT2D eigenvalue weighted by atomic mass is 9.76. The van der Waals surface area contributed by atoms with Crippen LogP contribution in [0.15, 0.2) is 78.9 Å². The van der Waals surface area contributed by atoms with Crippen molar-refractivity contribution in [1.82, 2.24) is 14.7 Å². The molecule has 3 aromatic carbocycles. The van der Waals surface area contributed by atoms with Crippen LogP contribution in [0.1, 0.15) is 52.2 Å². The first-order chi connectivity index (χ1) is 20.0. The Morgan fingerprint density at radius 1 is 0.878 bits per heavy atom. The van der Waals surface area contributed by atoms with E-state index in [0.29, 0.717) is 24.3 Å². The fraction of sp³-hybridized carbons (Fsp3) is 0.429. The van der Waals surface area contributed by atoms with Gasteiger partial charge < -0.3 is 19.4 Å². The second kappa shape index (κ2) is 11.7. The van der Waals surface area contributed by atoms with Gasteiger partial charge in [0.05, 0.1) is 12.5 Å². The summed E-state index contributed by atoms with van der Waals surface area (Å²) in [6.45, 7) is 7.86. The van der Waals surface area contributed by atoms with E-state index in [0.717, 1.165) is 81.0 Å². The number of hydrogen-bond donors (Lipinski definition) is 0. The highest BCUT2D eigenvalue weighted by atomic mass is 16.5. The van der Waals surface area contributed by atoms with Gasteiger partial charge in [-0.2, -0.15) is 0 Å². The van der Waals surface area contributed by atoms with Gasteiger partial charge in [-0.25, -0.2) is 0 Å². The maximum absolute atomic E-state index is 13.6. The van der Waals surface area contributed by atoms with Gasteiger partial charge in [0.2, 0.25) is 5.91 Å². The highest BCUT2D eigenvalue weighted by molar-refractivity contribution is 5.95. The fourth-order valence-electron chi connectivity index (χ4n) is 7.24. The molecular formula is C35H41N3O3. The minimum atomic E-state index is -0.218. The Hall–Kier alpha value is -3.64. The molecule has 2 amide bonds. The standard InChI is InChI=1S/C35H41N3O3/c1-26-8-6-7-11-31(26)33(39)38-24-29(32(25-38)28-9-4-3-5-10-28)23-36-19-16-35(17-20-36)18-21-37(34(35)40)22-27-12-14-30(41-2)15-13-27/h3-15,29,32H,16-25H2,1-2H3. The molecule has 3 heterocycles. The zero-order chi connectivity index (χ0) is 28.4. The molecule has 0 aliphatic carbocycles. The number of ether oxygens (including phenoxy) is 1. The van der Waals surface area contributed by atoms with Crippen LogP contribution in [0, 0.1) is 18.3 Å². The van der Waals surface area contributed by atoms with Crippen LogP contribution >= 0.6 is 0 Å². The summed E-state index contributed by atoms with van der Waals surface area (Å²) in [5.74, 6) is 1.98. The highest BCUT2D eigenvalue weighted by Gasteiger charge is 2.48. The number of carbonyl (C=O) groups excluding carboxylic acids is 2. The number of carbonyl (C=O) groups is 2. The van der Waals surface area contributed by atoms with Gasteiger partial charge >= 0.3 is 0 Å². The van der Waals surface area contributed by atoms with Crippen LogP contribution in [-0.4, -0.2) is 72.9 Å². The molecule has 3 fully saturated rings.